The minimum absolute atomic E-state index is 0.0362. The number of carbonyl (C=O) groups excluding carboxylic acids is 2. The van der Waals surface area contributed by atoms with Crippen LogP contribution in [-0.4, -0.2) is 63.4 Å². The first-order valence-electron chi connectivity index (χ1n) is 11.0. The third-order valence-corrected chi connectivity index (χ3v) is 7.67. The summed E-state index contributed by atoms with van der Waals surface area (Å²) < 4.78 is 52.2. The maximum Gasteiger partial charge on any atom is 0.251 e. The number of sulfonamides is 1. The van der Waals surface area contributed by atoms with Crippen molar-refractivity contribution in [2.75, 3.05) is 32.8 Å². The highest BCUT2D eigenvalue weighted by molar-refractivity contribution is 7.89. The Balaban J connectivity index is 1.34. The van der Waals surface area contributed by atoms with Gasteiger partial charge in [-0.05, 0) is 49.6 Å². The zero-order valence-corrected chi connectivity index (χ0v) is 19.5. The maximum atomic E-state index is 13.6. The van der Waals surface area contributed by atoms with Crippen molar-refractivity contribution in [3.8, 4) is 11.5 Å². The molecule has 2 aromatic rings. The Hall–Kier alpha value is -3.18. The predicted octanol–water partition coefficient (Wildman–Crippen LogP) is 1.60. The third-order valence-electron chi connectivity index (χ3n) is 5.77. The molecule has 2 N–H and O–H groups in total. The first-order valence-corrected chi connectivity index (χ1v) is 12.4. The largest absolute Gasteiger partial charge is 0.486 e. The molecule has 1 unspecified atom stereocenters. The zero-order valence-electron chi connectivity index (χ0n) is 18.7. The van der Waals surface area contributed by atoms with Crippen LogP contribution in [0.25, 0.3) is 0 Å². The molecule has 182 valence electrons. The van der Waals surface area contributed by atoms with Gasteiger partial charge in [0.05, 0.1) is 4.90 Å². The summed E-state index contributed by atoms with van der Waals surface area (Å²) >= 11 is 0. The quantitative estimate of drug-likeness (QED) is 0.569. The van der Waals surface area contributed by atoms with Crippen molar-refractivity contribution in [3.05, 3.63) is 53.3 Å². The highest BCUT2D eigenvalue weighted by Gasteiger charge is 2.39. The van der Waals surface area contributed by atoms with Crippen LogP contribution in [0.4, 0.5) is 4.39 Å². The molecule has 0 saturated carbocycles. The van der Waals surface area contributed by atoms with Crippen LogP contribution in [0.15, 0.2) is 41.3 Å². The van der Waals surface area contributed by atoms with Gasteiger partial charge in [-0.2, -0.15) is 4.31 Å². The van der Waals surface area contributed by atoms with Crippen LogP contribution in [0.1, 0.15) is 28.8 Å². The summed E-state index contributed by atoms with van der Waals surface area (Å²) in [6.45, 7) is 2.78. The van der Waals surface area contributed by atoms with Crippen LogP contribution in [-0.2, 0) is 14.8 Å². The highest BCUT2D eigenvalue weighted by Crippen LogP contribution is 2.34. The number of carbonyl (C=O) groups is 2. The number of benzene rings is 2. The number of nitrogens with zero attached hydrogens (tertiary/aromatic N) is 1. The molecule has 1 fully saturated rings. The number of aryl methyl sites for hydroxylation is 1. The summed E-state index contributed by atoms with van der Waals surface area (Å²) in [6, 6.07) is 7.76. The van der Waals surface area contributed by atoms with E-state index in [0.717, 1.165) is 6.07 Å². The molecule has 0 radical (unpaired) electrons. The average Bonchev–Trinajstić information content (AvgIpc) is 3.34. The van der Waals surface area contributed by atoms with E-state index in [2.05, 4.69) is 10.6 Å². The second kappa shape index (κ2) is 9.98. The lowest BCUT2D eigenvalue weighted by atomic mass is 10.1. The molecule has 0 aromatic heterocycles. The molecule has 0 bridgehead atoms. The monoisotopic (exact) mass is 491 g/mol. The topological polar surface area (TPSA) is 114 Å². The lowest BCUT2D eigenvalue weighted by Crippen LogP contribution is -2.47. The summed E-state index contributed by atoms with van der Waals surface area (Å²) in [6.07, 6.45) is 0.947. The van der Waals surface area contributed by atoms with Crippen molar-refractivity contribution >= 4 is 21.8 Å². The number of hydrogen-bond donors (Lipinski definition) is 2. The summed E-state index contributed by atoms with van der Waals surface area (Å²) in [5, 5.41) is 5.29. The second-order valence-corrected chi connectivity index (χ2v) is 9.98. The standard InChI is InChI=1S/C23H26FN3O6S/c1-15-4-5-16(13-18(15)24)22(28)25-8-9-26-23(29)19-3-2-10-27(19)34(30,31)17-6-7-20-21(14-17)33-12-11-32-20/h4-7,13-14,19H,2-3,8-12H2,1H3,(H,25,28)(H,26,29). The van der Waals surface area contributed by atoms with Crippen LogP contribution in [0.5, 0.6) is 11.5 Å². The van der Waals surface area contributed by atoms with Crippen molar-refractivity contribution in [3.63, 3.8) is 0 Å². The number of amides is 2. The molecule has 2 amide bonds. The lowest BCUT2D eigenvalue weighted by Gasteiger charge is -2.24. The first-order chi connectivity index (χ1) is 16.3. The van der Waals surface area contributed by atoms with Gasteiger partial charge in [-0.1, -0.05) is 6.07 Å². The van der Waals surface area contributed by atoms with Gasteiger partial charge in [0.2, 0.25) is 15.9 Å². The molecule has 9 nitrogen and oxygen atoms in total. The minimum Gasteiger partial charge on any atom is -0.486 e. The van der Waals surface area contributed by atoms with Crippen molar-refractivity contribution in [2.45, 2.75) is 30.7 Å². The predicted molar refractivity (Wildman–Crippen MR) is 121 cm³/mol. The summed E-state index contributed by atoms with van der Waals surface area (Å²) in [4.78, 5) is 24.9. The van der Waals surface area contributed by atoms with E-state index in [0.29, 0.717) is 43.1 Å². The number of rotatable bonds is 7. The smallest absolute Gasteiger partial charge is 0.251 e. The van der Waals surface area contributed by atoms with E-state index in [1.807, 2.05) is 0 Å². The molecule has 2 heterocycles. The van der Waals surface area contributed by atoms with E-state index in [-0.39, 0.29) is 30.1 Å². The van der Waals surface area contributed by atoms with Crippen molar-refractivity contribution in [1.29, 1.82) is 0 Å². The number of hydrogen-bond acceptors (Lipinski definition) is 6. The molecular formula is C23H26FN3O6S. The summed E-state index contributed by atoms with van der Waals surface area (Å²) in [5.74, 6) is -0.527. The van der Waals surface area contributed by atoms with Crippen LogP contribution in [0.2, 0.25) is 0 Å². The third kappa shape index (κ3) is 5.00. The molecule has 1 atom stereocenters. The number of ether oxygens (including phenoxy) is 2. The number of halogens is 1. The Labute approximate surface area is 197 Å². The van der Waals surface area contributed by atoms with Crippen molar-refractivity contribution < 1.29 is 31.9 Å². The first kappa shape index (κ1) is 24.0. The van der Waals surface area contributed by atoms with E-state index < -0.39 is 33.7 Å². The Kier molecular flexibility index (Phi) is 7.03. The fourth-order valence-electron chi connectivity index (χ4n) is 3.93. The molecule has 2 aromatic carbocycles. The lowest BCUT2D eigenvalue weighted by molar-refractivity contribution is -0.124. The van der Waals surface area contributed by atoms with E-state index in [9.17, 15) is 22.4 Å². The van der Waals surface area contributed by atoms with E-state index >= 15 is 0 Å². The number of nitrogens with one attached hydrogen (secondary N) is 2. The molecule has 2 aliphatic heterocycles. The second-order valence-electron chi connectivity index (χ2n) is 8.09. The number of fused-ring (bicyclic) bond motifs is 1. The molecule has 0 spiro atoms. The van der Waals surface area contributed by atoms with Gasteiger partial charge >= 0.3 is 0 Å². The van der Waals surface area contributed by atoms with Crippen LogP contribution in [0.3, 0.4) is 0 Å². The van der Waals surface area contributed by atoms with E-state index in [1.54, 1.807) is 13.0 Å². The zero-order chi connectivity index (χ0) is 24.3. The molecule has 11 heteroatoms. The molecule has 0 aliphatic carbocycles. The fraction of sp³-hybridized carbons (Fsp3) is 0.391. The summed E-state index contributed by atoms with van der Waals surface area (Å²) in [5.41, 5.74) is 0.623. The van der Waals surface area contributed by atoms with Gasteiger partial charge in [-0.3, -0.25) is 9.59 Å². The van der Waals surface area contributed by atoms with Gasteiger partial charge < -0.3 is 20.1 Å². The van der Waals surface area contributed by atoms with Crippen molar-refractivity contribution in [1.82, 2.24) is 14.9 Å². The molecule has 2 aliphatic rings. The van der Waals surface area contributed by atoms with Gasteiger partial charge in [-0.25, -0.2) is 12.8 Å². The highest BCUT2D eigenvalue weighted by atomic mass is 32.2. The van der Waals surface area contributed by atoms with Crippen LogP contribution < -0.4 is 20.1 Å². The molecule has 4 rings (SSSR count). The Morgan fingerprint density at radius 2 is 1.79 bits per heavy atom. The van der Waals surface area contributed by atoms with Gasteiger partial charge in [0.1, 0.15) is 25.1 Å². The SMILES string of the molecule is Cc1ccc(C(=O)NCCNC(=O)C2CCCN2S(=O)(=O)c2ccc3c(c2)OCCO3)cc1F. The van der Waals surface area contributed by atoms with E-state index in [1.165, 1.54) is 28.6 Å². The van der Waals surface area contributed by atoms with Gasteiger partial charge in [0, 0.05) is 31.3 Å². The van der Waals surface area contributed by atoms with Crippen LogP contribution in [0, 0.1) is 12.7 Å². The molecule has 34 heavy (non-hydrogen) atoms. The van der Waals surface area contributed by atoms with Crippen molar-refractivity contribution in [2.24, 2.45) is 0 Å². The Bertz CT molecular complexity index is 1200. The van der Waals surface area contributed by atoms with Gasteiger partial charge in [0.15, 0.2) is 11.5 Å². The van der Waals surface area contributed by atoms with E-state index in [4.69, 9.17) is 9.47 Å². The molecule has 1 saturated heterocycles. The normalized spacial score (nSPS) is 17.9. The minimum atomic E-state index is -3.92. The molecular weight excluding hydrogens is 465 g/mol. The Morgan fingerprint density at radius 3 is 2.56 bits per heavy atom. The average molecular weight is 492 g/mol. The van der Waals surface area contributed by atoms with Gasteiger partial charge in [0.25, 0.3) is 5.91 Å². The van der Waals surface area contributed by atoms with Gasteiger partial charge in [-0.15, -0.1) is 0 Å². The summed E-state index contributed by atoms with van der Waals surface area (Å²) in [7, 11) is -3.92. The van der Waals surface area contributed by atoms with Crippen LogP contribution >= 0.6 is 0 Å². The maximum absolute atomic E-state index is 13.6. The Morgan fingerprint density at radius 1 is 1.06 bits per heavy atom. The fourth-order valence-corrected chi connectivity index (χ4v) is 5.60.